The lowest BCUT2D eigenvalue weighted by Gasteiger charge is -2.03. The fraction of sp³-hybridized carbons (Fsp3) is 0.400. The van der Waals surface area contributed by atoms with Gasteiger partial charge in [0, 0.05) is 12.1 Å². The Labute approximate surface area is 88.2 Å². The Bertz CT molecular complexity index is 328. The van der Waals surface area contributed by atoms with Crippen molar-refractivity contribution in [3.05, 3.63) is 39.4 Å². The molecule has 0 heterocycles. The van der Waals surface area contributed by atoms with Crippen LogP contribution in [0.2, 0.25) is 0 Å². The van der Waals surface area contributed by atoms with Crippen LogP contribution in [0.3, 0.4) is 0 Å². The lowest BCUT2D eigenvalue weighted by molar-refractivity contribution is -0.385. The van der Waals surface area contributed by atoms with Crippen molar-refractivity contribution in [3.8, 4) is 0 Å². The molecule has 0 unspecified atom stereocenters. The molecule has 0 spiro atoms. The number of nitrogens with zero attached hydrogens (tertiary/aromatic N) is 1. The Kier molecular flexibility index (Phi) is 4.20. The minimum Gasteiger partial charge on any atom is -0.330 e. The summed E-state index contributed by atoms with van der Waals surface area (Å²) < 4.78 is 0. The van der Waals surface area contributed by atoms with Gasteiger partial charge in [-0.25, -0.2) is 0 Å². The highest BCUT2D eigenvalue weighted by Crippen LogP contribution is 2.17. The first-order valence-corrected chi connectivity index (χ1v) is 4.84. The molecule has 0 fully saturated rings. The van der Waals surface area contributed by atoms with Crippen molar-refractivity contribution >= 4 is 5.69 Å². The second-order valence-corrected chi connectivity index (χ2v) is 3.34. The van der Waals surface area contributed by atoms with E-state index in [0.717, 1.165) is 11.1 Å². The first-order chi connectivity index (χ1) is 7.17. The van der Waals surface area contributed by atoms with Gasteiger partial charge >= 0.3 is 0 Å². The smallest absolute Gasteiger partial charge is 0.269 e. The van der Waals surface area contributed by atoms with Crippen LogP contribution in [0, 0.1) is 10.1 Å². The van der Waals surface area contributed by atoms with Gasteiger partial charge in [0.2, 0.25) is 0 Å². The first-order valence-electron chi connectivity index (χ1n) is 4.84. The fourth-order valence-electron chi connectivity index (χ4n) is 1.47. The molecule has 0 saturated heterocycles. The molecule has 1 aromatic rings. The number of nitro benzene ring substituents is 1. The molecule has 0 aliphatic heterocycles. The molecule has 0 aliphatic carbocycles. The van der Waals surface area contributed by atoms with E-state index in [2.05, 4.69) is 0 Å². The van der Waals surface area contributed by atoms with Gasteiger partial charge in [-0.2, -0.15) is 0 Å². The van der Waals surface area contributed by atoms with E-state index in [4.69, 9.17) is 11.5 Å². The lowest BCUT2D eigenvalue weighted by Crippen LogP contribution is -2.06. The third kappa shape index (κ3) is 3.30. The predicted octanol–water partition coefficient (Wildman–Crippen LogP) is 0.597. The summed E-state index contributed by atoms with van der Waals surface area (Å²) >= 11 is 0. The van der Waals surface area contributed by atoms with Gasteiger partial charge in [-0.1, -0.05) is 6.07 Å². The molecule has 0 aromatic heterocycles. The molecule has 0 bridgehead atoms. The van der Waals surface area contributed by atoms with Crippen LogP contribution in [0.4, 0.5) is 5.69 Å². The van der Waals surface area contributed by atoms with E-state index in [-0.39, 0.29) is 10.6 Å². The fourth-order valence-corrected chi connectivity index (χ4v) is 1.47. The van der Waals surface area contributed by atoms with Crippen LogP contribution < -0.4 is 11.5 Å². The van der Waals surface area contributed by atoms with E-state index in [1.54, 1.807) is 12.1 Å². The van der Waals surface area contributed by atoms with Gasteiger partial charge < -0.3 is 11.5 Å². The molecule has 0 aliphatic rings. The summed E-state index contributed by atoms with van der Waals surface area (Å²) in [5.41, 5.74) is 12.7. The molecule has 0 radical (unpaired) electrons. The lowest BCUT2D eigenvalue weighted by atomic mass is 10.0. The molecule has 1 aromatic carbocycles. The molecule has 0 amide bonds. The number of nitrogens with two attached hydrogens (primary N) is 2. The van der Waals surface area contributed by atoms with Crippen molar-refractivity contribution in [2.45, 2.75) is 12.8 Å². The van der Waals surface area contributed by atoms with Gasteiger partial charge in [-0.05, 0) is 37.1 Å². The molecular weight excluding hydrogens is 194 g/mol. The largest absolute Gasteiger partial charge is 0.330 e. The van der Waals surface area contributed by atoms with E-state index in [1.807, 2.05) is 6.07 Å². The number of non-ortho nitro benzene ring substituents is 1. The molecule has 82 valence electrons. The van der Waals surface area contributed by atoms with E-state index in [9.17, 15) is 10.1 Å². The van der Waals surface area contributed by atoms with Gasteiger partial charge in [0.25, 0.3) is 5.69 Å². The number of benzene rings is 1. The van der Waals surface area contributed by atoms with Crippen LogP contribution in [-0.2, 0) is 12.8 Å². The van der Waals surface area contributed by atoms with Crippen molar-refractivity contribution in [3.63, 3.8) is 0 Å². The molecule has 4 N–H and O–H groups in total. The number of hydrogen-bond donors (Lipinski definition) is 2. The maximum absolute atomic E-state index is 10.7. The summed E-state index contributed by atoms with van der Waals surface area (Å²) in [5, 5.41) is 10.7. The molecule has 1 rings (SSSR count). The second-order valence-electron chi connectivity index (χ2n) is 3.34. The van der Waals surface area contributed by atoms with E-state index in [1.165, 1.54) is 0 Å². The van der Waals surface area contributed by atoms with Crippen LogP contribution in [-0.4, -0.2) is 18.0 Å². The van der Waals surface area contributed by atoms with Gasteiger partial charge in [0.1, 0.15) is 0 Å². The average Bonchev–Trinajstić information content (AvgIpc) is 2.18. The van der Waals surface area contributed by atoms with Crippen LogP contribution >= 0.6 is 0 Å². The van der Waals surface area contributed by atoms with Crippen LogP contribution in [0.1, 0.15) is 11.1 Å². The van der Waals surface area contributed by atoms with Gasteiger partial charge in [-0.15, -0.1) is 0 Å². The zero-order chi connectivity index (χ0) is 11.3. The van der Waals surface area contributed by atoms with Gasteiger partial charge in [0.05, 0.1) is 4.92 Å². The van der Waals surface area contributed by atoms with Crippen molar-refractivity contribution in [2.75, 3.05) is 13.1 Å². The van der Waals surface area contributed by atoms with E-state index < -0.39 is 0 Å². The monoisotopic (exact) mass is 209 g/mol. The summed E-state index contributed by atoms with van der Waals surface area (Å²) in [6.07, 6.45) is 1.30. The van der Waals surface area contributed by atoms with Gasteiger partial charge in [0.15, 0.2) is 0 Å². The summed E-state index contributed by atoms with van der Waals surface area (Å²) in [6, 6.07) is 5.05. The Morgan fingerprint density at radius 3 is 1.87 bits per heavy atom. The summed E-state index contributed by atoms with van der Waals surface area (Å²) in [4.78, 5) is 10.3. The maximum atomic E-state index is 10.7. The quantitative estimate of drug-likeness (QED) is 0.548. The summed E-state index contributed by atoms with van der Waals surface area (Å²) in [7, 11) is 0. The van der Waals surface area contributed by atoms with E-state index >= 15 is 0 Å². The molecular formula is C10H15N3O2. The third-order valence-electron chi connectivity index (χ3n) is 2.11. The highest BCUT2D eigenvalue weighted by molar-refractivity contribution is 5.39. The molecule has 15 heavy (non-hydrogen) atoms. The molecule has 0 saturated carbocycles. The average molecular weight is 209 g/mol. The highest BCUT2D eigenvalue weighted by Gasteiger charge is 2.08. The topological polar surface area (TPSA) is 95.2 Å². The molecule has 0 atom stereocenters. The number of rotatable bonds is 5. The SMILES string of the molecule is NCCc1cc(CCN)cc([N+](=O)[O-])c1. The van der Waals surface area contributed by atoms with Crippen molar-refractivity contribution in [1.82, 2.24) is 0 Å². The number of hydrogen-bond acceptors (Lipinski definition) is 4. The minimum absolute atomic E-state index is 0.115. The normalized spacial score (nSPS) is 10.3. The van der Waals surface area contributed by atoms with Crippen molar-refractivity contribution in [2.24, 2.45) is 11.5 Å². The maximum Gasteiger partial charge on any atom is 0.269 e. The van der Waals surface area contributed by atoms with Crippen LogP contribution in [0.15, 0.2) is 18.2 Å². The second kappa shape index (κ2) is 5.43. The van der Waals surface area contributed by atoms with Crippen LogP contribution in [0.25, 0.3) is 0 Å². The Morgan fingerprint density at radius 1 is 1.07 bits per heavy atom. The predicted molar refractivity (Wildman–Crippen MR) is 58.6 cm³/mol. The van der Waals surface area contributed by atoms with Crippen molar-refractivity contribution in [1.29, 1.82) is 0 Å². The Hall–Kier alpha value is -1.46. The van der Waals surface area contributed by atoms with E-state index in [0.29, 0.717) is 25.9 Å². The Morgan fingerprint density at radius 2 is 1.53 bits per heavy atom. The minimum atomic E-state index is -0.389. The first kappa shape index (κ1) is 11.6. The standard InChI is InChI=1S/C10H15N3O2/c11-3-1-8-5-9(2-4-12)7-10(6-8)13(14)15/h5-7H,1-4,11-12H2. The zero-order valence-corrected chi connectivity index (χ0v) is 8.48. The third-order valence-corrected chi connectivity index (χ3v) is 2.11. The summed E-state index contributed by atoms with van der Waals surface area (Å²) in [6.45, 7) is 0.979. The van der Waals surface area contributed by atoms with Gasteiger partial charge in [-0.3, -0.25) is 10.1 Å². The summed E-state index contributed by atoms with van der Waals surface area (Å²) in [5.74, 6) is 0. The zero-order valence-electron chi connectivity index (χ0n) is 8.48. The Balaban J connectivity index is 3.02. The number of nitro groups is 1. The highest BCUT2D eigenvalue weighted by atomic mass is 16.6. The molecule has 5 nitrogen and oxygen atoms in total. The molecule has 5 heteroatoms. The van der Waals surface area contributed by atoms with Crippen LogP contribution in [0.5, 0.6) is 0 Å². The van der Waals surface area contributed by atoms with Crippen molar-refractivity contribution < 1.29 is 4.92 Å².